The zero-order valence-electron chi connectivity index (χ0n) is 8.42. The van der Waals surface area contributed by atoms with Crippen LogP contribution in [0.15, 0.2) is 0 Å². The lowest BCUT2D eigenvalue weighted by atomic mass is 10.2. The van der Waals surface area contributed by atoms with Gasteiger partial charge in [-0.1, -0.05) is 11.6 Å². The molecule has 0 bridgehead atoms. The first kappa shape index (κ1) is 12.0. The molecule has 0 aliphatic carbocycles. The average molecular weight is 249 g/mol. The molecule has 0 N–H and O–H groups in total. The van der Waals surface area contributed by atoms with Gasteiger partial charge in [0.05, 0.1) is 19.2 Å². The van der Waals surface area contributed by atoms with E-state index in [1.54, 1.807) is 6.92 Å². The SMILES string of the molecule is COC(=O)c1sc(C)c(Cl)c1C(=O)OC. The van der Waals surface area contributed by atoms with Crippen LogP contribution in [0.25, 0.3) is 0 Å². The van der Waals surface area contributed by atoms with Crippen molar-refractivity contribution < 1.29 is 19.1 Å². The van der Waals surface area contributed by atoms with Gasteiger partial charge in [0.1, 0.15) is 10.4 Å². The van der Waals surface area contributed by atoms with Gasteiger partial charge in [-0.05, 0) is 6.92 Å². The van der Waals surface area contributed by atoms with Crippen LogP contribution in [0, 0.1) is 6.92 Å². The fourth-order valence-electron chi connectivity index (χ4n) is 1.05. The molecule has 0 unspecified atom stereocenters. The molecule has 1 heterocycles. The van der Waals surface area contributed by atoms with E-state index < -0.39 is 11.9 Å². The maximum Gasteiger partial charge on any atom is 0.348 e. The van der Waals surface area contributed by atoms with Crippen LogP contribution in [0.4, 0.5) is 0 Å². The van der Waals surface area contributed by atoms with Gasteiger partial charge in [-0.2, -0.15) is 0 Å². The summed E-state index contributed by atoms with van der Waals surface area (Å²) in [4.78, 5) is 23.6. The normalized spacial score (nSPS) is 9.87. The number of hydrogen-bond donors (Lipinski definition) is 0. The third-order valence-electron chi connectivity index (χ3n) is 1.77. The molecule has 1 aromatic heterocycles. The van der Waals surface area contributed by atoms with Crippen molar-refractivity contribution in [3.63, 3.8) is 0 Å². The van der Waals surface area contributed by atoms with Gasteiger partial charge in [0.15, 0.2) is 0 Å². The number of ether oxygens (including phenoxy) is 2. The van der Waals surface area contributed by atoms with Crippen LogP contribution < -0.4 is 0 Å². The molecular formula is C9H9ClO4S. The molecule has 0 aliphatic rings. The molecule has 0 aliphatic heterocycles. The molecule has 1 rings (SSSR count). The van der Waals surface area contributed by atoms with Crippen LogP contribution >= 0.6 is 22.9 Å². The smallest absolute Gasteiger partial charge is 0.348 e. The zero-order valence-corrected chi connectivity index (χ0v) is 9.99. The molecule has 15 heavy (non-hydrogen) atoms. The molecule has 82 valence electrons. The van der Waals surface area contributed by atoms with Gasteiger partial charge in [0.25, 0.3) is 0 Å². The molecule has 0 saturated heterocycles. The second-order valence-electron chi connectivity index (χ2n) is 2.66. The second-order valence-corrected chi connectivity index (χ2v) is 4.26. The van der Waals surface area contributed by atoms with Gasteiger partial charge in [-0.3, -0.25) is 0 Å². The third kappa shape index (κ3) is 2.13. The summed E-state index contributed by atoms with van der Waals surface area (Å²) in [6.45, 7) is 1.71. The number of hydrogen-bond acceptors (Lipinski definition) is 5. The van der Waals surface area contributed by atoms with E-state index in [1.807, 2.05) is 0 Å². The van der Waals surface area contributed by atoms with Crippen molar-refractivity contribution in [1.82, 2.24) is 0 Å². The maximum absolute atomic E-state index is 11.4. The van der Waals surface area contributed by atoms with Gasteiger partial charge in [-0.25, -0.2) is 9.59 Å². The summed E-state index contributed by atoms with van der Waals surface area (Å²) in [5.41, 5.74) is 0.0773. The Hall–Kier alpha value is -1.07. The first-order chi connectivity index (χ1) is 7.02. The van der Waals surface area contributed by atoms with Crippen LogP contribution in [-0.2, 0) is 9.47 Å². The minimum atomic E-state index is -0.634. The summed E-state index contributed by atoms with van der Waals surface area (Å²) >= 11 is 7.00. The van der Waals surface area contributed by atoms with Gasteiger partial charge in [0.2, 0.25) is 0 Å². The lowest BCUT2D eigenvalue weighted by Gasteiger charge is -2.00. The number of halogens is 1. The molecular weight excluding hydrogens is 240 g/mol. The fourth-order valence-corrected chi connectivity index (χ4v) is 2.34. The van der Waals surface area contributed by atoms with Crippen LogP contribution in [-0.4, -0.2) is 26.2 Å². The quantitative estimate of drug-likeness (QED) is 0.754. The molecule has 0 amide bonds. The topological polar surface area (TPSA) is 52.6 Å². The van der Waals surface area contributed by atoms with Crippen molar-refractivity contribution in [3.05, 3.63) is 20.3 Å². The third-order valence-corrected chi connectivity index (χ3v) is 3.44. The van der Waals surface area contributed by atoms with E-state index >= 15 is 0 Å². The number of esters is 2. The summed E-state index contributed by atoms with van der Waals surface area (Å²) in [6, 6.07) is 0. The minimum absolute atomic E-state index is 0.0773. The molecule has 0 aromatic carbocycles. The standard InChI is InChI=1S/C9H9ClO4S/c1-4-6(10)5(8(11)13-2)7(15-4)9(12)14-3/h1-3H3. The molecule has 0 atom stereocenters. The first-order valence-corrected chi connectivity index (χ1v) is 5.17. The zero-order chi connectivity index (χ0) is 11.6. The summed E-state index contributed by atoms with van der Waals surface area (Å²) in [5.74, 6) is -1.22. The number of thiophene rings is 1. The maximum atomic E-state index is 11.4. The lowest BCUT2D eigenvalue weighted by Crippen LogP contribution is -2.08. The monoisotopic (exact) mass is 248 g/mol. The first-order valence-electron chi connectivity index (χ1n) is 3.98. The fraction of sp³-hybridized carbons (Fsp3) is 0.333. The number of methoxy groups -OCH3 is 2. The van der Waals surface area contributed by atoms with E-state index in [9.17, 15) is 9.59 Å². The van der Waals surface area contributed by atoms with Crippen molar-refractivity contribution >= 4 is 34.9 Å². The Morgan fingerprint density at radius 1 is 1.20 bits per heavy atom. The van der Waals surface area contributed by atoms with Crippen molar-refractivity contribution in [3.8, 4) is 0 Å². The Kier molecular flexibility index (Phi) is 3.71. The minimum Gasteiger partial charge on any atom is -0.465 e. The molecule has 0 saturated carbocycles. The van der Waals surface area contributed by atoms with Crippen LogP contribution in [0.1, 0.15) is 24.9 Å². The molecule has 6 heteroatoms. The van der Waals surface area contributed by atoms with Crippen LogP contribution in [0.2, 0.25) is 5.02 Å². The molecule has 0 spiro atoms. The highest BCUT2D eigenvalue weighted by molar-refractivity contribution is 7.15. The van der Waals surface area contributed by atoms with E-state index in [4.69, 9.17) is 11.6 Å². The molecule has 0 fully saturated rings. The number of aryl methyl sites for hydroxylation is 1. The summed E-state index contributed by atoms with van der Waals surface area (Å²) in [7, 11) is 2.47. The van der Waals surface area contributed by atoms with Crippen LogP contribution in [0.5, 0.6) is 0 Å². The van der Waals surface area contributed by atoms with Crippen molar-refractivity contribution in [2.45, 2.75) is 6.92 Å². The number of carbonyl (C=O) groups is 2. The predicted molar refractivity (Wildman–Crippen MR) is 56.7 cm³/mol. The number of carbonyl (C=O) groups excluding carboxylic acids is 2. The molecule has 4 nitrogen and oxygen atoms in total. The van der Waals surface area contributed by atoms with E-state index in [2.05, 4.69) is 9.47 Å². The highest BCUT2D eigenvalue weighted by Crippen LogP contribution is 2.33. The van der Waals surface area contributed by atoms with Gasteiger partial charge >= 0.3 is 11.9 Å². The summed E-state index contributed by atoms with van der Waals surface area (Å²) in [5, 5.41) is 0.243. The van der Waals surface area contributed by atoms with Crippen molar-refractivity contribution in [2.24, 2.45) is 0 Å². The predicted octanol–water partition coefficient (Wildman–Crippen LogP) is 2.28. The van der Waals surface area contributed by atoms with Crippen molar-refractivity contribution in [2.75, 3.05) is 14.2 Å². The highest BCUT2D eigenvalue weighted by Gasteiger charge is 2.26. The summed E-state index contributed by atoms with van der Waals surface area (Å²) in [6.07, 6.45) is 0. The van der Waals surface area contributed by atoms with E-state index in [-0.39, 0.29) is 15.5 Å². The summed E-state index contributed by atoms with van der Waals surface area (Å²) < 4.78 is 9.09. The van der Waals surface area contributed by atoms with E-state index in [0.29, 0.717) is 4.88 Å². The second kappa shape index (κ2) is 4.63. The Balaban J connectivity index is 3.33. The highest BCUT2D eigenvalue weighted by atomic mass is 35.5. The van der Waals surface area contributed by atoms with E-state index in [0.717, 1.165) is 11.3 Å². The van der Waals surface area contributed by atoms with Crippen LogP contribution in [0.3, 0.4) is 0 Å². The Morgan fingerprint density at radius 3 is 2.20 bits per heavy atom. The number of rotatable bonds is 2. The van der Waals surface area contributed by atoms with E-state index in [1.165, 1.54) is 14.2 Å². The average Bonchev–Trinajstić information content (AvgIpc) is 2.53. The Labute approximate surface area is 95.7 Å². The van der Waals surface area contributed by atoms with Crippen molar-refractivity contribution in [1.29, 1.82) is 0 Å². The molecule has 0 radical (unpaired) electrons. The lowest BCUT2D eigenvalue weighted by molar-refractivity contribution is 0.0560. The Morgan fingerprint density at radius 2 is 1.73 bits per heavy atom. The largest absolute Gasteiger partial charge is 0.465 e. The molecule has 1 aromatic rings. The van der Waals surface area contributed by atoms with Gasteiger partial charge in [-0.15, -0.1) is 11.3 Å². The Bertz CT molecular complexity index is 410. The van der Waals surface area contributed by atoms with Gasteiger partial charge in [0, 0.05) is 4.88 Å². The van der Waals surface area contributed by atoms with Gasteiger partial charge < -0.3 is 9.47 Å².